The van der Waals surface area contributed by atoms with Gasteiger partial charge in [-0.05, 0) is 13.3 Å². The van der Waals surface area contributed by atoms with Crippen LogP contribution >= 0.6 is 11.3 Å². The fraction of sp³-hybridized carbons (Fsp3) is 0.727. The number of hydrogen-bond acceptors (Lipinski definition) is 4. The summed E-state index contributed by atoms with van der Waals surface area (Å²) in [6.45, 7) is 8.17. The monoisotopic (exact) mass is 226 g/mol. The Kier molecular flexibility index (Phi) is 3.72. The Morgan fingerprint density at radius 2 is 2.53 bits per heavy atom. The van der Waals surface area contributed by atoms with Gasteiger partial charge in [-0.3, -0.25) is 4.90 Å². The van der Waals surface area contributed by atoms with Crippen molar-refractivity contribution in [1.82, 2.24) is 9.88 Å². The predicted octanol–water partition coefficient (Wildman–Crippen LogP) is 1.93. The van der Waals surface area contributed by atoms with Gasteiger partial charge in [-0.15, -0.1) is 11.3 Å². The Morgan fingerprint density at radius 3 is 3.20 bits per heavy atom. The van der Waals surface area contributed by atoms with Crippen molar-refractivity contribution in [3.63, 3.8) is 0 Å². The second kappa shape index (κ2) is 5.05. The molecular formula is C11H18N2OS. The third-order valence-electron chi connectivity index (χ3n) is 2.61. The number of rotatable bonds is 3. The first-order chi connectivity index (χ1) is 7.28. The lowest BCUT2D eigenvalue weighted by Gasteiger charge is -2.30. The summed E-state index contributed by atoms with van der Waals surface area (Å²) < 4.78 is 5.51. The molecule has 2 rings (SSSR count). The number of aryl methyl sites for hydroxylation is 1. The van der Waals surface area contributed by atoms with Crippen molar-refractivity contribution < 1.29 is 4.74 Å². The van der Waals surface area contributed by atoms with E-state index in [9.17, 15) is 0 Å². The average Bonchev–Trinajstić information content (AvgIpc) is 2.65. The molecule has 0 saturated carbocycles. The molecule has 0 spiro atoms. The molecule has 1 aromatic rings. The van der Waals surface area contributed by atoms with Crippen LogP contribution in [0.1, 0.15) is 24.5 Å². The maximum Gasteiger partial charge on any atom is 0.0926 e. The second-order valence-corrected chi connectivity index (χ2v) is 4.95. The molecule has 3 nitrogen and oxygen atoms in total. The molecule has 4 heteroatoms. The Morgan fingerprint density at radius 1 is 1.67 bits per heavy atom. The van der Waals surface area contributed by atoms with Crippen LogP contribution in [0.4, 0.5) is 0 Å². The Bertz CT molecular complexity index is 313. The normalized spacial score (nSPS) is 23.2. The van der Waals surface area contributed by atoms with E-state index in [1.165, 1.54) is 10.7 Å². The van der Waals surface area contributed by atoms with Gasteiger partial charge in [-0.2, -0.15) is 0 Å². The number of aromatic nitrogens is 1. The van der Waals surface area contributed by atoms with E-state index < -0.39 is 0 Å². The summed E-state index contributed by atoms with van der Waals surface area (Å²) in [6, 6.07) is 0. The van der Waals surface area contributed by atoms with Crippen molar-refractivity contribution in [2.75, 3.05) is 19.7 Å². The summed E-state index contributed by atoms with van der Waals surface area (Å²) >= 11 is 1.77. The molecule has 1 aliphatic heterocycles. The maximum atomic E-state index is 5.51. The zero-order chi connectivity index (χ0) is 10.7. The molecule has 0 radical (unpaired) electrons. The van der Waals surface area contributed by atoms with Crippen LogP contribution in [0.5, 0.6) is 0 Å². The van der Waals surface area contributed by atoms with E-state index in [-0.39, 0.29) is 0 Å². The molecular weight excluding hydrogens is 208 g/mol. The van der Waals surface area contributed by atoms with Gasteiger partial charge >= 0.3 is 0 Å². The first-order valence-corrected chi connectivity index (χ1v) is 6.43. The van der Waals surface area contributed by atoms with Gasteiger partial charge < -0.3 is 4.74 Å². The van der Waals surface area contributed by atoms with Gasteiger partial charge in [0.25, 0.3) is 0 Å². The van der Waals surface area contributed by atoms with Gasteiger partial charge in [0.15, 0.2) is 0 Å². The van der Waals surface area contributed by atoms with E-state index in [0.717, 1.165) is 32.7 Å². The van der Waals surface area contributed by atoms with Crippen LogP contribution in [-0.4, -0.2) is 35.7 Å². The molecule has 0 N–H and O–H groups in total. The quantitative estimate of drug-likeness (QED) is 0.787. The summed E-state index contributed by atoms with van der Waals surface area (Å²) in [7, 11) is 0. The molecule has 0 bridgehead atoms. The van der Waals surface area contributed by atoms with Crippen LogP contribution in [0.15, 0.2) is 5.38 Å². The lowest BCUT2D eigenvalue weighted by Crippen LogP contribution is -2.40. The minimum absolute atomic E-state index is 0.364. The van der Waals surface area contributed by atoms with Crippen molar-refractivity contribution in [2.24, 2.45) is 0 Å². The summed E-state index contributed by atoms with van der Waals surface area (Å²) in [5.41, 5.74) is 1.21. The van der Waals surface area contributed by atoms with E-state index >= 15 is 0 Å². The highest BCUT2D eigenvalue weighted by atomic mass is 32.1. The van der Waals surface area contributed by atoms with Gasteiger partial charge in [0.2, 0.25) is 0 Å². The van der Waals surface area contributed by atoms with Crippen LogP contribution in [-0.2, 0) is 17.7 Å². The van der Waals surface area contributed by atoms with Crippen molar-refractivity contribution in [3.05, 3.63) is 16.1 Å². The molecule has 84 valence electrons. The molecule has 1 atom stereocenters. The molecule has 0 amide bonds. The van der Waals surface area contributed by atoms with Gasteiger partial charge in [0.05, 0.1) is 23.4 Å². The Hall–Kier alpha value is -0.450. The third-order valence-corrected chi connectivity index (χ3v) is 3.65. The third kappa shape index (κ3) is 3.00. The summed E-state index contributed by atoms with van der Waals surface area (Å²) in [4.78, 5) is 7.00. The minimum atomic E-state index is 0.364. The lowest BCUT2D eigenvalue weighted by atomic mass is 10.3. The highest BCUT2D eigenvalue weighted by Gasteiger charge is 2.17. The lowest BCUT2D eigenvalue weighted by molar-refractivity contribution is -0.0215. The Balaban J connectivity index is 1.90. The first kappa shape index (κ1) is 11.0. The van der Waals surface area contributed by atoms with Gasteiger partial charge in [-0.25, -0.2) is 4.98 Å². The van der Waals surface area contributed by atoms with Crippen LogP contribution in [0.2, 0.25) is 0 Å². The SMILES string of the molecule is CCc1nc(CN2CCO[C@@H](C)C2)cs1. The van der Waals surface area contributed by atoms with E-state index in [4.69, 9.17) is 4.74 Å². The zero-order valence-corrected chi connectivity index (χ0v) is 10.2. The number of nitrogens with zero attached hydrogens (tertiary/aromatic N) is 2. The average molecular weight is 226 g/mol. The number of hydrogen-bond donors (Lipinski definition) is 0. The number of ether oxygens (including phenoxy) is 1. The molecule has 15 heavy (non-hydrogen) atoms. The number of thiazole rings is 1. The first-order valence-electron chi connectivity index (χ1n) is 5.55. The molecule has 1 fully saturated rings. The molecule has 1 aromatic heterocycles. The van der Waals surface area contributed by atoms with E-state index in [2.05, 4.69) is 29.1 Å². The molecule has 2 heterocycles. The van der Waals surface area contributed by atoms with Gasteiger partial charge in [0.1, 0.15) is 0 Å². The highest BCUT2D eigenvalue weighted by molar-refractivity contribution is 7.09. The van der Waals surface area contributed by atoms with E-state index in [0.29, 0.717) is 6.10 Å². The maximum absolute atomic E-state index is 5.51. The number of morpholine rings is 1. The minimum Gasteiger partial charge on any atom is -0.376 e. The highest BCUT2D eigenvalue weighted by Crippen LogP contribution is 2.14. The van der Waals surface area contributed by atoms with Crippen molar-refractivity contribution >= 4 is 11.3 Å². The second-order valence-electron chi connectivity index (χ2n) is 4.00. The fourth-order valence-electron chi connectivity index (χ4n) is 1.85. The Labute approximate surface area is 95.1 Å². The van der Waals surface area contributed by atoms with Crippen LogP contribution in [0, 0.1) is 0 Å². The molecule has 0 aliphatic carbocycles. The largest absolute Gasteiger partial charge is 0.376 e. The smallest absolute Gasteiger partial charge is 0.0926 e. The molecule has 1 saturated heterocycles. The summed E-state index contributed by atoms with van der Waals surface area (Å²) in [5.74, 6) is 0. The van der Waals surface area contributed by atoms with Crippen LogP contribution in [0.25, 0.3) is 0 Å². The predicted molar refractivity (Wildman–Crippen MR) is 62.2 cm³/mol. The van der Waals surface area contributed by atoms with E-state index in [1.807, 2.05) is 0 Å². The van der Waals surface area contributed by atoms with Gasteiger partial charge in [-0.1, -0.05) is 6.92 Å². The molecule has 0 unspecified atom stereocenters. The summed E-state index contributed by atoms with van der Waals surface area (Å²) in [5, 5.41) is 3.42. The van der Waals surface area contributed by atoms with Gasteiger partial charge in [0, 0.05) is 25.0 Å². The topological polar surface area (TPSA) is 25.4 Å². The fourth-order valence-corrected chi connectivity index (χ4v) is 2.58. The van der Waals surface area contributed by atoms with Crippen LogP contribution in [0.3, 0.4) is 0 Å². The van der Waals surface area contributed by atoms with E-state index in [1.54, 1.807) is 11.3 Å². The molecule has 0 aromatic carbocycles. The zero-order valence-electron chi connectivity index (χ0n) is 9.40. The van der Waals surface area contributed by atoms with Crippen molar-refractivity contribution in [3.8, 4) is 0 Å². The standard InChI is InChI=1S/C11H18N2OS/c1-3-11-12-10(8-15-11)7-13-4-5-14-9(2)6-13/h8-9H,3-7H2,1-2H3/t9-/m0/s1. The van der Waals surface area contributed by atoms with Crippen molar-refractivity contribution in [2.45, 2.75) is 32.9 Å². The summed E-state index contributed by atoms with van der Waals surface area (Å²) in [6.07, 6.45) is 1.41. The van der Waals surface area contributed by atoms with Crippen LogP contribution < -0.4 is 0 Å². The van der Waals surface area contributed by atoms with Crippen molar-refractivity contribution in [1.29, 1.82) is 0 Å². The molecule has 1 aliphatic rings.